The first-order valence-electron chi connectivity index (χ1n) is 6.66. The van der Waals surface area contributed by atoms with Crippen molar-refractivity contribution < 1.29 is 9.47 Å². The molecule has 1 N–H and O–H groups in total. The van der Waals surface area contributed by atoms with Crippen molar-refractivity contribution in [3.8, 4) is 0 Å². The van der Waals surface area contributed by atoms with E-state index in [9.17, 15) is 0 Å². The van der Waals surface area contributed by atoms with Gasteiger partial charge in [-0.05, 0) is 13.8 Å². The monoisotopic (exact) mass is 345 g/mol. The van der Waals surface area contributed by atoms with Crippen molar-refractivity contribution in [2.24, 2.45) is 0 Å². The molecule has 2 aliphatic rings. The first-order chi connectivity index (χ1) is 9.96. The third-order valence-electron chi connectivity index (χ3n) is 3.37. The second-order valence-electron chi connectivity index (χ2n) is 5.40. The summed E-state index contributed by atoms with van der Waals surface area (Å²) in [7, 11) is 0. The van der Waals surface area contributed by atoms with Crippen molar-refractivity contribution >= 4 is 40.6 Å². The maximum atomic E-state index is 5.99. The smallest absolute Gasteiger partial charge is 0.163 e. The summed E-state index contributed by atoms with van der Waals surface area (Å²) in [5.74, 6) is 0.366. The molecule has 0 amide bonds. The molecule has 2 saturated heterocycles. The van der Waals surface area contributed by atoms with Gasteiger partial charge in [0.25, 0.3) is 0 Å². The summed E-state index contributed by atoms with van der Waals surface area (Å²) >= 11 is 13.2. The lowest BCUT2D eigenvalue weighted by Gasteiger charge is -2.22. The molecule has 8 heteroatoms. The molecule has 114 valence electrons. The van der Waals surface area contributed by atoms with Crippen LogP contribution in [0.25, 0.3) is 0 Å². The molecular weight excluding hydrogens is 330 g/mol. The molecule has 3 atom stereocenters. The van der Waals surface area contributed by atoms with Crippen molar-refractivity contribution in [1.82, 2.24) is 15.3 Å². The van der Waals surface area contributed by atoms with Gasteiger partial charge >= 0.3 is 0 Å². The topological polar surface area (TPSA) is 56.3 Å². The molecule has 5 nitrogen and oxygen atoms in total. The van der Waals surface area contributed by atoms with Gasteiger partial charge in [-0.15, -0.1) is 11.8 Å². The molecule has 0 aromatic carbocycles. The van der Waals surface area contributed by atoms with E-state index < -0.39 is 5.79 Å². The van der Waals surface area contributed by atoms with Crippen molar-refractivity contribution in [3.05, 3.63) is 23.2 Å². The van der Waals surface area contributed by atoms with Crippen LogP contribution in [-0.4, -0.2) is 44.0 Å². The van der Waals surface area contributed by atoms with Crippen LogP contribution in [0.1, 0.15) is 19.5 Å². The van der Waals surface area contributed by atoms with E-state index in [1.165, 1.54) is 0 Å². The van der Waals surface area contributed by atoms with Gasteiger partial charge in [0, 0.05) is 18.1 Å². The Morgan fingerprint density at radius 3 is 3.00 bits per heavy atom. The summed E-state index contributed by atoms with van der Waals surface area (Å²) in [6, 6.07) is 0. The Bertz CT molecular complexity index is 558. The molecule has 3 rings (SSSR count). The van der Waals surface area contributed by atoms with Crippen LogP contribution in [0.15, 0.2) is 12.4 Å². The number of aromatic nitrogens is 2. The van der Waals surface area contributed by atoms with Gasteiger partial charge in [0.05, 0.1) is 28.6 Å². The average Bonchev–Trinajstić information content (AvgIpc) is 2.92. The average molecular weight is 346 g/mol. The van der Waals surface area contributed by atoms with E-state index in [0.29, 0.717) is 17.4 Å². The van der Waals surface area contributed by atoms with E-state index in [4.69, 9.17) is 33.3 Å². The van der Waals surface area contributed by atoms with E-state index >= 15 is 0 Å². The maximum Gasteiger partial charge on any atom is 0.163 e. The minimum atomic E-state index is -0.529. The minimum absolute atomic E-state index is 0.00216. The number of rotatable bonds is 3. The van der Waals surface area contributed by atoms with Crippen molar-refractivity contribution in [2.45, 2.75) is 43.6 Å². The van der Waals surface area contributed by atoms with Crippen molar-refractivity contribution in [2.75, 3.05) is 5.75 Å². The minimum Gasteiger partial charge on any atom is -0.373 e. The highest BCUT2D eigenvalue weighted by molar-refractivity contribution is 8.02. The number of hydrogen-bond donors (Lipinski definition) is 1. The lowest BCUT2D eigenvalue weighted by molar-refractivity contribution is -0.144. The van der Waals surface area contributed by atoms with Crippen LogP contribution >= 0.6 is 35.6 Å². The first kappa shape index (κ1) is 15.4. The van der Waals surface area contributed by atoms with Crippen LogP contribution in [0, 0.1) is 0 Å². The van der Waals surface area contributed by atoms with Crippen LogP contribution < -0.4 is 5.32 Å². The summed E-state index contributed by atoms with van der Waals surface area (Å²) in [6.07, 6.45) is 3.29. The Morgan fingerprint density at radius 1 is 1.48 bits per heavy atom. The van der Waals surface area contributed by atoms with Gasteiger partial charge in [-0.1, -0.05) is 23.8 Å². The molecule has 1 aromatic heterocycles. The zero-order valence-electron chi connectivity index (χ0n) is 11.7. The van der Waals surface area contributed by atoms with Crippen LogP contribution in [0.5, 0.6) is 0 Å². The fourth-order valence-corrected chi connectivity index (χ4v) is 4.40. The number of halogens is 1. The fraction of sp³-hybridized carbons (Fsp3) is 0.615. The quantitative estimate of drug-likeness (QED) is 0.842. The molecule has 0 saturated carbocycles. The van der Waals surface area contributed by atoms with Crippen molar-refractivity contribution in [3.63, 3.8) is 0 Å². The molecule has 2 aliphatic heterocycles. The normalized spacial score (nSPS) is 30.1. The third-order valence-corrected chi connectivity index (χ3v) is 5.62. The third kappa shape index (κ3) is 3.32. The molecule has 1 aromatic rings. The summed E-state index contributed by atoms with van der Waals surface area (Å²) in [4.78, 5) is 8.93. The lowest BCUT2D eigenvalue weighted by atomic mass is 10.1. The lowest BCUT2D eigenvalue weighted by Crippen LogP contribution is -2.39. The Hall–Kier alpha value is -0.470. The Balaban J connectivity index is 1.60. The van der Waals surface area contributed by atoms with E-state index in [0.717, 1.165) is 10.7 Å². The molecule has 2 unspecified atom stereocenters. The standard InChI is InChI=1S/C13H16ClN3O2S2/c1-13(2)18-8-6-21-10(9(8)19-13)12(20)17-5-7-11(14)16-4-3-15-7/h3-4,8-10H,5-6H2,1-2H3,(H,17,20)/t8?,9?,10-/m1/s1. The zero-order valence-corrected chi connectivity index (χ0v) is 14.1. The van der Waals surface area contributed by atoms with Crippen molar-refractivity contribution in [1.29, 1.82) is 0 Å². The molecular formula is C13H16ClN3O2S2. The van der Waals surface area contributed by atoms with Gasteiger partial charge in [0.1, 0.15) is 6.10 Å². The predicted octanol–water partition coefficient (Wildman–Crippen LogP) is 2.18. The van der Waals surface area contributed by atoms with Gasteiger partial charge in [-0.3, -0.25) is 4.98 Å². The van der Waals surface area contributed by atoms with E-state index in [1.54, 1.807) is 24.2 Å². The van der Waals surface area contributed by atoms with Gasteiger partial charge < -0.3 is 14.8 Å². The van der Waals surface area contributed by atoms with Crippen LogP contribution in [0.4, 0.5) is 0 Å². The number of hydrogen-bond acceptors (Lipinski definition) is 6. The molecule has 0 spiro atoms. The van der Waals surface area contributed by atoms with Crippen LogP contribution in [0.2, 0.25) is 5.15 Å². The molecule has 0 bridgehead atoms. The highest BCUT2D eigenvalue weighted by Gasteiger charge is 2.50. The number of thioether (sulfide) groups is 1. The Kier molecular flexibility index (Phi) is 4.38. The van der Waals surface area contributed by atoms with Crippen LogP contribution in [-0.2, 0) is 16.0 Å². The fourth-order valence-electron chi connectivity index (χ4n) is 2.51. The Labute approximate surface area is 138 Å². The summed E-state index contributed by atoms with van der Waals surface area (Å²) in [6.45, 7) is 4.33. The highest BCUT2D eigenvalue weighted by Crippen LogP contribution is 2.41. The highest BCUT2D eigenvalue weighted by atomic mass is 35.5. The summed E-state index contributed by atoms with van der Waals surface area (Å²) in [5.41, 5.74) is 0.685. The molecule has 0 aliphatic carbocycles. The van der Waals surface area contributed by atoms with Gasteiger partial charge in [-0.2, -0.15) is 0 Å². The molecule has 2 fully saturated rings. The predicted molar refractivity (Wildman–Crippen MR) is 86.6 cm³/mol. The van der Waals surface area contributed by atoms with Gasteiger partial charge in [-0.25, -0.2) is 4.98 Å². The number of fused-ring (bicyclic) bond motifs is 1. The molecule has 0 radical (unpaired) electrons. The second-order valence-corrected chi connectivity index (χ2v) is 7.38. The van der Waals surface area contributed by atoms with E-state index in [-0.39, 0.29) is 17.5 Å². The van der Waals surface area contributed by atoms with Gasteiger partial charge in [0.2, 0.25) is 0 Å². The van der Waals surface area contributed by atoms with Gasteiger partial charge in [0.15, 0.2) is 10.9 Å². The first-order valence-corrected chi connectivity index (χ1v) is 8.50. The second kappa shape index (κ2) is 5.96. The number of nitrogens with one attached hydrogen (secondary N) is 1. The van der Waals surface area contributed by atoms with E-state index in [1.807, 2.05) is 13.8 Å². The number of thiocarbonyl (C=S) groups is 1. The number of nitrogens with zero attached hydrogens (tertiary/aromatic N) is 2. The largest absolute Gasteiger partial charge is 0.373 e. The molecule has 21 heavy (non-hydrogen) atoms. The Morgan fingerprint density at radius 2 is 2.24 bits per heavy atom. The zero-order chi connectivity index (χ0) is 15.0. The SMILES string of the molecule is CC1(C)OC2CS[C@@H](C(=S)NCc3nccnc3Cl)C2O1. The molecule has 3 heterocycles. The number of ether oxygens (including phenoxy) is 2. The summed E-state index contributed by atoms with van der Waals surface area (Å²) in [5, 5.41) is 3.70. The van der Waals surface area contributed by atoms with Crippen LogP contribution in [0.3, 0.4) is 0 Å². The van der Waals surface area contributed by atoms with E-state index in [2.05, 4.69) is 15.3 Å². The summed E-state index contributed by atoms with van der Waals surface area (Å²) < 4.78 is 11.8. The maximum absolute atomic E-state index is 5.99.